The molecule has 1 saturated heterocycles. The predicted octanol–water partition coefficient (Wildman–Crippen LogP) is 3.39. The van der Waals surface area contributed by atoms with Crippen molar-refractivity contribution < 1.29 is 14.3 Å². The summed E-state index contributed by atoms with van der Waals surface area (Å²) in [5, 5.41) is 3.84. The average molecular weight is 368 g/mol. The van der Waals surface area contributed by atoms with Crippen LogP contribution in [-0.4, -0.2) is 47.1 Å². The fraction of sp³-hybridized carbons (Fsp3) is 0.722. The van der Waals surface area contributed by atoms with Gasteiger partial charge in [-0.1, -0.05) is 6.92 Å². The van der Waals surface area contributed by atoms with Gasteiger partial charge in [-0.3, -0.25) is 4.79 Å². The summed E-state index contributed by atoms with van der Waals surface area (Å²) < 4.78 is 5.25. The Bertz CT molecular complexity index is 614. The molecule has 0 spiro atoms. The van der Waals surface area contributed by atoms with E-state index < -0.39 is 5.60 Å². The largest absolute Gasteiger partial charge is 0.444 e. The zero-order valence-electron chi connectivity index (χ0n) is 15.8. The number of aryl methyl sites for hydroxylation is 2. The molecule has 1 aromatic rings. The van der Waals surface area contributed by atoms with Crippen molar-refractivity contribution in [3.63, 3.8) is 0 Å². The maximum atomic E-state index is 12.7. The average Bonchev–Trinajstić information content (AvgIpc) is 2.92. The quantitative estimate of drug-likeness (QED) is 0.885. The van der Waals surface area contributed by atoms with E-state index in [1.54, 1.807) is 0 Å². The SMILES string of the molecule is CCc1nc(C)c(C(=O)N2CCC(CNC(=O)OC(C)(C)C)CC2)s1. The number of likely N-dealkylation sites (tertiary alicyclic amines) is 1. The van der Waals surface area contributed by atoms with Crippen LogP contribution in [0.2, 0.25) is 0 Å². The fourth-order valence-electron chi connectivity index (χ4n) is 2.83. The molecule has 0 unspecified atom stereocenters. The Kier molecular flexibility index (Phi) is 6.43. The highest BCUT2D eigenvalue weighted by Gasteiger charge is 2.27. The molecule has 1 fully saturated rings. The first kappa shape index (κ1) is 19.7. The Balaban J connectivity index is 1.80. The number of amides is 2. The zero-order valence-corrected chi connectivity index (χ0v) is 16.7. The summed E-state index contributed by atoms with van der Waals surface area (Å²) in [5.41, 5.74) is 0.352. The number of piperidine rings is 1. The van der Waals surface area contributed by atoms with E-state index in [2.05, 4.69) is 17.2 Å². The van der Waals surface area contributed by atoms with Crippen molar-refractivity contribution in [3.8, 4) is 0 Å². The first-order valence-electron chi connectivity index (χ1n) is 8.92. The molecule has 0 radical (unpaired) electrons. The van der Waals surface area contributed by atoms with Crippen LogP contribution in [0.15, 0.2) is 0 Å². The smallest absolute Gasteiger partial charge is 0.407 e. The molecule has 7 heteroatoms. The number of carbonyl (C=O) groups is 2. The fourth-order valence-corrected chi connectivity index (χ4v) is 3.80. The Hall–Kier alpha value is -1.63. The van der Waals surface area contributed by atoms with Crippen LogP contribution >= 0.6 is 11.3 Å². The first-order valence-corrected chi connectivity index (χ1v) is 9.73. The summed E-state index contributed by atoms with van der Waals surface area (Å²) in [6.07, 6.45) is 2.26. The Labute approximate surface area is 154 Å². The van der Waals surface area contributed by atoms with E-state index >= 15 is 0 Å². The molecule has 0 saturated carbocycles. The Morgan fingerprint density at radius 2 is 1.96 bits per heavy atom. The molecule has 0 aliphatic carbocycles. The highest BCUT2D eigenvalue weighted by Crippen LogP contribution is 2.24. The van der Waals surface area contributed by atoms with Gasteiger partial charge in [0.2, 0.25) is 0 Å². The third kappa shape index (κ3) is 5.70. The monoisotopic (exact) mass is 367 g/mol. The number of aromatic nitrogens is 1. The molecule has 6 nitrogen and oxygen atoms in total. The van der Waals surface area contributed by atoms with Crippen molar-refractivity contribution in [1.82, 2.24) is 15.2 Å². The minimum absolute atomic E-state index is 0.0910. The third-order valence-electron chi connectivity index (χ3n) is 4.17. The standard InChI is InChI=1S/C18H29N3O3S/c1-6-14-20-12(2)15(25-14)16(22)21-9-7-13(8-10-21)11-19-17(23)24-18(3,4)5/h13H,6-11H2,1-5H3,(H,19,23). The van der Waals surface area contributed by atoms with Crippen molar-refractivity contribution >= 4 is 23.3 Å². The van der Waals surface area contributed by atoms with Crippen molar-refractivity contribution in [1.29, 1.82) is 0 Å². The first-order chi connectivity index (χ1) is 11.7. The summed E-state index contributed by atoms with van der Waals surface area (Å²) >= 11 is 1.51. The summed E-state index contributed by atoms with van der Waals surface area (Å²) in [7, 11) is 0. The predicted molar refractivity (Wildman–Crippen MR) is 99.1 cm³/mol. The Morgan fingerprint density at radius 1 is 1.32 bits per heavy atom. The molecule has 1 N–H and O–H groups in total. The number of carbonyl (C=O) groups excluding carboxylic acids is 2. The van der Waals surface area contributed by atoms with E-state index in [0.29, 0.717) is 12.5 Å². The van der Waals surface area contributed by atoms with Crippen molar-refractivity contribution in [2.75, 3.05) is 19.6 Å². The van der Waals surface area contributed by atoms with Crippen LogP contribution in [0.3, 0.4) is 0 Å². The van der Waals surface area contributed by atoms with Gasteiger partial charge in [-0.2, -0.15) is 0 Å². The summed E-state index contributed by atoms with van der Waals surface area (Å²) in [4.78, 5) is 31.5. The van der Waals surface area contributed by atoms with Crippen molar-refractivity contribution in [3.05, 3.63) is 15.6 Å². The molecular weight excluding hydrogens is 338 g/mol. The molecular formula is C18H29N3O3S. The second kappa shape index (κ2) is 8.17. The molecule has 2 rings (SSSR count). The molecule has 0 aromatic carbocycles. The minimum atomic E-state index is -0.482. The normalized spacial score (nSPS) is 16.0. The van der Waals surface area contributed by atoms with Gasteiger partial charge in [0.15, 0.2) is 0 Å². The molecule has 25 heavy (non-hydrogen) atoms. The molecule has 140 valence electrons. The van der Waals surface area contributed by atoms with Gasteiger partial charge in [0.25, 0.3) is 5.91 Å². The van der Waals surface area contributed by atoms with Crippen LogP contribution in [-0.2, 0) is 11.2 Å². The number of rotatable bonds is 4. The van der Waals surface area contributed by atoms with Gasteiger partial charge in [-0.25, -0.2) is 9.78 Å². The zero-order chi connectivity index (χ0) is 18.6. The van der Waals surface area contributed by atoms with E-state index in [-0.39, 0.29) is 12.0 Å². The van der Waals surface area contributed by atoms with E-state index in [0.717, 1.165) is 47.9 Å². The molecule has 1 aliphatic rings. The Morgan fingerprint density at radius 3 is 2.48 bits per heavy atom. The van der Waals surface area contributed by atoms with E-state index in [9.17, 15) is 9.59 Å². The second-order valence-corrected chi connectivity index (χ2v) is 8.58. The number of nitrogens with zero attached hydrogens (tertiary/aromatic N) is 2. The summed E-state index contributed by atoms with van der Waals surface area (Å²) in [5.74, 6) is 0.471. The lowest BCUT2D eigenvalue weighted by molar-refractivity contribution is 0.0500. The summed E-state index contributed by atoms with van der Waals surface area (Å²) in [6.45, 7) is 11.5. The molecule has 1 aliphatic heterocycles. The molecule has 2 heterocycles. The van der Waals surface area contributed by atoms with Crippen LogP contribution in [0.5, 0.6) is 0 Å². The molecule has 2 amide bonds. The maximum absolute atomic E-state index is 12.7. The van der Waals surface area contributed by atoms with Gasteiger partial charge >= 0.3 is 6.09 Å². The van der Waals surface area contributed by atoms with Crippen LogP contribution in [0.4, 0.5) is 4.79 Å². The highest BCUT2D eigenvalue weighted by molar-refractivity contribution is 7.13. The number of alkyl carbamates (subject to hydrolysis) is 1. The van der Waals surface area contributed by atoms with Crippen LogP contribution in [0.25, 0.3) is 0 Å². The number of ether oxygens (including phenoxy) is 1. The molecule has 1 aromatic heterocycles. The van der Waals surface area contributed by atoms with Crippen molar-refractivity contribution in [2.24, 2.45) is 5.92 Å². The number of nitrogens with one attached hydrogen (secondary N) is 1. The second-order valence-electron chi connectivity index (χ2n) is 7.49. The van der Waals surface area contributed by atoms with Gasteiger partial charge in [0.1, 0.15) is 10.5 Å². The lowest BCUT2D eigenvalue weighted by Crippen LogP contribution is -2.42. The van der Waals surface area contributed by atoms with Gasteiger partial charge < -0.3 is 15.0 Å². The van der Waals surface area contributed by atoms with E-state index in [4.69, 9.17) is 4.74 Å². The summed E-state index contributed by atoms with van der Waals surface area (Å²) in [6, 6.07) is 0. The van der Waals surface area contributed by atoms with Crippen LogP contribution < -0.4 is 5.32 Å². The van der Waals surface area contributed by atoms with Crippen LogP contribution in [0.1, 0.15) is 60.9 Å². The van der Waals surface area contributed by atoms with Crippen molar-refractivity contribution in [2.45, 2.75) is 59.5 Å². The van der Waals surface area contributed by atoms with Crippen LogP contribution in [0, 0.1) is 12.8 Å². The molecule has 0 atom stereocenters. The third-order valence-corrected chi connectivity index (χ3v) is 5.46. The highest BCUT2D eigenvalue weighted by atomic mass is 32.1. The van der Waals surface area contributed by atoms with Gasteiger partial charge in [0, 0.05) is 19.6 Å². The molecule has 0 bridgehead atoms. The lowest BCUT2D eigenvalue weighted by Gasteiger charge is -2.32. The lowest BCUT2D eigenvalue weighted by atomic mass is 9.96. The van der Waals surface area contributed by atoms with Gasteiger partial charge in [-0.15, -0.1) is 11.3 Å². The van der Waals surface area contributed by atoms with E-state index in [1.807, 2.05) is 32.6 Å². The minimum Gasteiger partial charge on any atom is -0.444 e. The van der Waals surface area contributed by atoms with Gasteiger partial charge in [-0.05, 0) is 52.9 Å². The number of hydrogen-bond acceptors (Lipinski definition) is 5. The van der Waals surface area contributed by atoms with Gasteiger partial charge in [0.05, 0.1) is 10.7 Å². The van der Waals surface area contributed by atoms with E-state index in [1.165, 1.54) is 11.3 Å². The number of thiazole rings is 1. The number of hydrogen-bond donors (Lipinski definition) is 1. The maximum Gasteiger partial charge on any atom is 0.407 e. The topological polar surface area (TPSA) is 71.5 Å².